The van der Waals surface area contributed by atoms with Crippen molar-refractivity contribution in [3.63, 3.8) is 0 Å². The van der Waals surface area contributed by atoms with E-state index in [0.717, 1.165) is 4.90 Å². The van der Waals surface area contributed by atoms with E-state index in [-0.39, 0.29) is 6.61 Å². The second kappa shape index (κ2) is 4.85. The molecule has 7 nitrogen and oxygen atoms in total. The first-order chi connectivity index (χ1) is 10.6. The summed E-state index contributed by atoms with van der Waals surface area (Å²) < 4.78 is 16.4. The maximum absolute atomic E-state index is 12.6. The smallest absolute Gasteiger partial charge is 0.261 e. The second-order valence-corrected chi connectivity index (χ2v) is 5.58. The van der Waals surface area contributed by atoms with Crippen molar-refractivity contribution in [2.24, 2.45) is 0 Å². The van der Waals surface area contributed by atoms with Crippen LogP contribution in [0.3, 0.4) is 0 Å². The van der Waals surface area contributed by atoms with Crippen LogP contribution < -0.4 is 0 Å². The van der Waals surface area contributed by atoms with Crippen LogP contribution in [-0.4, -0.2) is 66.2 Å². The molecule has 1 N–H and O–H groups in total. The number of fused-ring (bicyclic) bond motifs is 4. The van der Waals surface area contributed by atoms with Gasteiger partial charge >= 0.3 is 0 Å². The molecule has 0 unspecified atom stereocenters. The molecule has 4 aliphatic heterocycles. The molecule has 0 spiro atoms. The summed E-state index contributed by atoms with van der Waals surface area (Å²) in [6.45, 7) is 0.214. The number of benzene rings is 1. The number of carbonyl (C=O) groups is 2. The molecule has 116 valence electrons. The van der Waals surface area contributed by atoms with Gasteiger partial charge in [0.25, 0.3) is 11.8 Å². The molecule has 5 rings (SSSR count). The molecular formula is C15H15NO6. The minimum atomic E-state index is -0.993. The summed E-state index contributed by atoms with van der Waals surface area (Å²) in [6, 6.07) is 5.80. The first-order valence-electron chi connectivity index (χ1n) is 7.08. The third-order valence-corrected chi connectivity index (χ3v) is 4.45. The highest BCUT2D eigenvalue weighted by Gasteiger charge is 2.57. The summed E-state index contributed by atoms with van der Waals surface area (Å²) in [6.07, 6.45) is -3.03. The molecule has 22 heavy (non-hydrogen) atoms. The standard InChI is InChI=1S/C15H15NO6/c1-20-15-12-10(11(17)9(22-15)6-21-12)16-13(18)7-4-2-3-5-8(7)14(16)19/h2-5,9-12,15,17H,6H2,1H3/t9-,10+,11-,12+,15+/m1/s1. The summed E-state index contributed by atoms with van der Waals surface area (Å²) in [5, 5.41) is 10.4. The Kier molecular flexibility index (Phi) is 3.05. The summed E-state index contributed by atoms with van der Waals surface area (Å²) in [5.41, 5.74) is 0.687. The molecule has 0 aromatic heterocycles. The zero-order chi connectivity index (χ0) is 15.4. The fourth-order valence-electron chi connectivity index (χ4n) is 3.39. The Balaban J connectivity index is 1.73. The number of methoxy groups -OCH3 is 1. The van der Waals surface area contributed by atoms with E-state index in [9.17, 15) is 14.7 Å². The van der Waals surface area contributed by atoms with Crippen molar-refractivity contribution < 1.29 is 28.9 Å². The number of imide groups is 1. The van der Waals surface area contributed by atoms with Gasteiger partial charge in [-0.1, -0.05) is 12.1 Å². The van der Waals surface area contributed by atoms with Gasteiger partial charge < -0.3 is 19.3 Å². The van der Waals surface area contributed by atoms with Crippen molar-refractivity contribution in [1.82, 2.24) is 4.90 Å². The average molecular weight is 305 g/mol. The van der Waals surface area contributed by atoms with E-state index in [1.54, 1.807) is 24.3 Å². The van der Waals surface area contributed by atoms with Crippen LogP contribution in [0.2, 0.25) is 0 Å². The van der Waals surface area contributed by atoms with Gasteiger partial charge in [0.1, 0.15) is 24.4 Å². The minimum Gasteiger partial charge on any atom is -0.388 e. The lowest BCUT2D eigenvalue weighted by Gasteiger charge is -2.50. The number of nitrogens with zero attached hydrogens (tertiary/aromatic N) is 1. The number of amides is 2. The molecule has 1 aromatic rings. The Morgan fingerprint density at radius 2 is 1.86 bits per heavy atom. The maximum Gasteiger partial charge on any atom is 0.261 e. The van der Waals surface area contributed by atoms with E-state index >= 15 is 0 Å². The molecule has 0 aliphatic carbocycles. The SMILES string of the molecule is CO[C@H]1O[C@@H]2CO[C@H]1[C@@H](N1C(=O)c3ccccc3C1=O)[C@@H]2O. The van der Waals surface area contributed by atoms with Crippen LogP contribution in [0.1, 0.15) is 20.7 Å². The highest BCUT2D eigenvalue weighted by molar-refractivity contribution is 6.21. The van der Waals surface area contributed by atoms with Crippen LogP contribution in [0.25, 0.3) is 0 Å². The first-order valence-corrected chi connectivity index (χ1v) is 7.08. The van der Waals surface area contributed by atoms with Crippen LogP contribution in [0.15, 0.2) is 24.3 Å². The fraction of sp³-hybridized carbons (Fsp3) is 0.467. The molecule has 3 saturated heterocycles. The van der Waals surface area contributed by atoms with E-state index in [1.807, 2.05) is 0 Å². The Morgan fingerprint density at radius 1 is 1.23 bits per heavy atom. The highest BCUT2D eigenvalue weighted by atomic mass is 16.7. The van der Waals surface area contributed by atoms with Crippen LogP contribution >= 0.6 is 0 Å². The third-order valence-electron chi connectivity index (χ3n) is 4.45. The predicted molar refractivity (Wildman–Crippen MR) is 72.1 cm³/mol. The number of aliphatic hydroxyl groups excluding tert-OH is 1. The lowest BCUT2D eigenvalue weighted by molar-refractivity contribution is -0.334. The molecule has 7 heteroatoms. The molecule has 3 fully saturated rings. The lowest BCUT2D eigenvalue weighted by atomic mass is 9.91. The van der Waals surface area contributed by atoms with Gasteiger partial charge in [-0.2, -0.15) is 0 Å². The summed E-state index contributed by atoms with van der Waals surface area (Å²) in [5.74, 6) is -0.841. The van der Waals surface area contributed by atoms with Crippen molar-refractivity contribution >= 4 is 11.8 Å². The van der Waals surface area contributed by atoms with Gasteiger partial charge in [-0.25, -0.2) is 0 Å². The molecule has 4 aliphatic rings. The van der Waals surface area contributed by atoms with Crippen molar-refractivity contribution in [2.75, 3.05) is 13.7 Å². The van der Waals surface area contributed by atoms with E-state index < -0.39 is 42.5 Å². The number of hydrogen-bond donors (Lipinski definition) is 1. The van der Waals surface area contributed by atoms with Gasteiger partial charge in [-0.05, 0) is 12.1 Å². The maximum atomic E-state index is 12.6. The topological polar surface area (TPSA) is 85.3 Å². The number of hydrogen-bond acceptors (Lipinski definition) is 6. The van der Waals surface area contributed by atoms with Gasteiger partial charge in [-0.15, -0.1) is 0 Å². The Morgan fingerprint density at radius 3 is 2.45 bits per heavy atom. The van der Waals surface area contributed by atoms with Crippen LogP contribution in [0, 0.1) is 0 Å². The summed E-state index contributed by atoms with van der Waals surface area (Å²) in [4.78, 5) is 26.2. The van der Waals surface area contributed by atoms with Crippen LogP contribution in [0.5, 0.6) is 0 Å². The van der Waals surface area contributed by atoms with Gasteiger partial charge in [0.15, 0.2) is 6.29 Å². The van der Waals surface area contributed by atoms with Crippen molar-refractivity contribution in [3.8, 4) is 0 Å². The van der Waals surface area contributed by atoms with E-state index in [0.29, 0.717) is 11.1 Å². The predicted octanol–water partition coefficient (Wildman–Crippen LogP) is -0.218. The van der Waals surface area contributed by atoms with Crippen LogP contribution in [0.4, 0.5) is 0 Å². The van der Waals surface area contributed by atoms with Crippen molar-refractivity contribution in [1.29, 1.82) is 0 Å². The van der Waals surface area contributed by atoms with E-state index in [4.69, 9.17) is 14.2 Å². The molecule has 1 aromatic carbocycles. The average Bonchev–Trinajstić information content (AvgIpc) is 2.80. The molecule has 0 radical (unpaired) electrons. The normalized spacial score (nSPS) is 36.8. The quantitative estimate of drug-likeness (QED) is 0.761. The van der Waals surface area contributed by atoms with Gasteiger partial charge in [0, 0.05) is 7.11 Å². The molecule has 4 heterocycles. The Labute approximate surface area is 126 Å². The first kappa shape index (κ1) is 13.8. The largest absolute Gasteiger partial charge is 0.388 e. The lowest BCUT2D eigenvalue weighted by Crippen LogP contribution is -2.70. The van der Waals surface area contributed by atoms with Gasteiger partial charge in [-0.3, -0.25) is 14.5 Å². The number of aliphatic hydroxyl groups is 1. The monoisotopic (exact) mass is 305 g/mol. The van der Waals surface area contributed by atoms with Crippen molar-refractivity contribution in [3.05, 3.63) is 35.4 Å². The Hall–Kier alpha value is -1.80. The fourth-order valence-corrected chi connectivity index (χ4v) is 3.39. The van der Waals surface area contributed by atoms with Gasteiger partial charge in [0.2, 0.25) is 0 Å². The minimum absolute atomic E-state index is 0.214. The zero-order valence-electron chi connectivity index (χ0n) is 11.8. The molecule has 5 atom stereocenters. The van der Waals surface area contributed by atoms with E-state index in [2.05, 4.69) is 0 Å². The summed E-state index contributed by atoms with van der Waals surface area (Å²) in [7, 11) is 1.46. The molecule has 2 bridgehead atoms. The summed E-state index contributed by atoms with van der Waals surface area (Å²) >= 11 is 0. The number of rotatable bonds is 2. The molecule has 2 amide bonds. The number of carbonyl (C=O) groups excluding carboxylic acids is 2. The van der Waals surface area contributed by atoms with Crippen molar-refractivity contribution in [2.45, 2.75) is 30.6 Å². The molecular weight excluding hydrogens is 290 g/mol. The Bertz CT molecular complexity index is 612. The van der Waals surface area contributed by atoms with E-state index in [1.165, 1.54) is 7.11 Å². The third kappa shape index (κ3) is 1.70. The van der Waals surface area contributed by atoms with Crippen LogP contribution in [-0.2, 0) is 14.2 Å². The zero-order valence-corrected chi connectivity index (χ0v) is 11.8. The highest BCUT2D eigenvalue weighted by Crippen LogP contribution is 2.36. The second-order valence-electron chi connectivity index (χ2n) is 5.58. The molecule has 0 saturated carbocycles. The number of ether oxygens (including phenoxy) is 3. The van der Waals surface area contributed by atoms with Gasteiger partial charge in [0.05, 0.1) is 17.7 Å².